The molecule has 0 aliphatic carbocycles. The van der Waals surface area contributed by atoms with E-state index in [0.717, 1.165) is 71.4 Å². The summed E-state index contributed by atoms with van der Waals surface area (Å²) in [4.78, 5) is 29.6. The Kier molecular flexibility index (Phi) is 17.0. The normalized spacial score (nSPS) is 16.1. The number of nitrogens with one attached hydrogen (secondary N) is 1. The minimum absolute atomic E-state index is 0.0494. The first-order chi connectivity index (χ1) is 23.9. The molecular weight excluding hydrogens is 642 g/mol. The lowest BCUT2D eigenvalue weighted by atomic mass is 9.83. The van der Waals surface area contributed by atoms with Crippen molar-refractivity contribution in [3.8, 4) is 11.5 Å². The Balaban J connectivity index is 0.000000880. The summed E-state index contributed by atoms with van der Waals surface area (Å²) in [5.41, 5.74) is 13.6. The van der Waals surface area contributed by atoms with E-state index in [2.05, 4.69) is 39.6 Å². The highest BCUT2D eigenvalue weighted by Crippen LogP contribution is 2.45. The molecular formula is C41H65N5O5. The molecule has 2 aromatic carbocycles. The van der Waals surface area contributed by atoms with Crippen LogP contribution in [0, 0.1) is 43.9 Å². The fourth-order valence-electron chi connectivity index (χ4n) is 6.63. The first-order valence-corrected chi connectivity index (χ1v) is 18.6. The molecule has 0 amide bonds. The average Bonchev–Trinajstić information content (AvgIpc) is 3.05. The predicted octanol–water partition coefficient (Wildman–Crippen LogP) is 8.81. The molecule has 6 N–H and O–H groups in total. The second-order valence-electron chi connectivity index (χ2n) is 15.4. The van der Waals surface area contributed by atoms with Crippen LogP contribution in [-0.2, 0) is 6.42 Å². The number of hydrogen-bond acceptors (Lipinski definition) is 5. The quantitative estimate of drug-likeness (QED) is 0.0617. The number of nitrogens with two attached hydrogens (primary N) is 2. The summed E-state index contributed by atoms with van der Waals surface area (Å²) in [6.07, 6.45) is 13.3. The molecule has 0 spiro atoms. The first-order valence-electron chi connectivity index (χ1n) is 18.6. The molecule has 10 heteroatoms. The van der Waals surface area contributed by atoms with Crippen LogP contribution in [0.4, 0.5) is 0 Å². The molecule has 0 saturated heterocycles. The SMILES string of the molecule is CN(C)C(=N)N=C(N)N.Cc1c(C)c2c(c(C)c1OC(=O)c1ccccc1C(=O)O)CCC(C)(CCCC(C)CCCC(C)CCCC(C)C)O2. The summed E-state index contributed by atoms with van der Waals surface area (Å²) in [6.45, 7) is 17.6. The van der Waals surface area contributed by atoms with Crippen LogP contribution in [0.5, 0.6) is 11.5 Å². The number of carbonyl (C=O) groups excluding carboxylic acids is 1. The number of aliphatic imine (C=N–C) groups is 1. The van der Waals surface area contributed by atoms with Gasteiger partial charge in [-0.25, -0.2) is 9.59 Å². The molecule has 1 aliphatic rings. The van der Waals surface area contributed by atoms with Crippen LogP contribution >= 0.6 is 0 Å². The van der Waals surface area contributed by atoms with E-state index in [-0.39, 0.29) is 28.6 Å². The topological polar surface area (TPSA) is 164 Å². The van der Waals surface area contributed by atoms with Crippen LogP contribution in [0.3, 0.4) is 0 Å². The number of esters is 1. The monoisotopic (exact) mass is 707 g/mol. The average molecular weight is 708 g/mol. The summed E-state index contributed by atoms with van der Waals surface area (Å²) >= 11 is 0. The van der Waals surface area contributed by atoms with Crippen LogP contribution < -0.4 is 20.9 Å². The van der Waals surface area contributed by atoms with Crippen LogP contribution in [0.25, 0.3) is 0 Å². The van der Waals surface area contributed by atoms with E-state index in [9.17, 15) is 14.7 Å². The molecule has 0 saturated carbocycles. The number of nitrogens with zero attached hydrogens (tertiary/aromatic N) is 2. The molecule has 1 aliphatic heterocycles. The van der Waals surface area contributed by atoms with Gasteiger partial charge in [0, 0.05) is 19.7 Å². The van der Waals surface area contributed by atoms with E-state index >= 15 is 0 Å². The van der Waals surface area contributed by atoms with Gasteiger partial charge in [-0.3, -0.25) is 5.41 Å². The van der Waals surface area contributed by atoms with Crippen molar-refractivity contribution < 1.29 is 24.2 Å². The standard InChI is InChI=1S/C37H54O5.C4H11N5/c1-24(2)14-11-15-25(3)16-12-17-26(4)18-13-22-37(8)23-21-30-29(7)33(27(5)28(6)34(30)42-37)41-36(40)32-20-10-9-19-31(32)35(38)39;1-9(2)4(7)8-3(5)6/h9-10,19-20,24-26H,11-18,21-23H2,1-8H3,(H,38,39);1-2H3,(H5,5,6,7,8). The lowest BCUT2D eigenvalue weighted by molar-refractivity contribution is 0.0508. The summed E-state index contributed by atoms with van der Waals surface area (Å²) in [5.74, 6) is 1.97. The van der Waals surface area contributed by atoms with E-state index in [4.69, 9.17) is 26.4 Å². The van der Waals surface area contributed by atoms with Gasteiger partial charge in [0.05, 0.1) is 11.1 Å². The lowest BCUT2D eigenvalue weighted by Gasteiger charge is -2.38. The Morgan fingerprint density at radius 3 is 1.98 bits per heavy atom. The lowest BCUT2D eigenvalue weighted by Crippen LogP contribution is -2.37. The predicted molar refractivity (Wildman–Crippen MR) is 208 cm³/mol. The Morgan fingerprint density at radius 2 is 1.47 bits per heavy atom. The van der Waals surface area contributed by atoms with Crippen molar-refractivity contribution in [2.45, 2.75) is 132 Å². The number of guanidine groups is 2. The molecule has 10 nitrogen and oxygen atoms in total. The molecule has 2 aromatic rings. The molecule has 3 unspecified atom stereocenters. The molecule has 51 heavy (non-hydrogen) atoms. The summed E-state index contributed by atoms with van der Waals surface area (Å²) in [5, 5.41) is 16.6. The Morgan fingerprint density at radius 1 is 0.922 bits per heavy atom. The number of aromatic carboxylic acids is 1. The van der Waals surface area contributed by atoms with Gasteiger partial charge in [0.2, 0.25) is 5.96 Å². The van der Waals surface area contributed by atoms with E-state index < -0.39 is 11.9 Å². The first kappa shape index (κ1) is 43.1. The van der Waals surface area contributed by atoms with Crippen molar-refractivity contribution in [2.75, 3.05) is 14.1 Å². The highest BCUT2D eigenvalue weighted by molar-refractivity contribution is 6.03. The summed E-state index contributed by atoms with van der Waals surface area (Å²) in [7, 11) is 3.38. The second-order valence-corrected chi connectivity index (χ2v) is 15.4. The summed E-state index contributed by atoms with van der Waals surface area (Å²) in [6, 6.07) is 6.16. The van der Waals surface area contributed by atoms with Crippen molar-refractivity contribution in [1.82, 2.24) is 4.90 Å². The van der Waals surface area contributed by atoms with Gasteiger partial charge in [-0.15, -0.1) is 0 Å². The number of rotatable bonds is 15. The highest BCUT2D eigenvalue weighted by atomic mass is 16.5. The maximum absolute atomic E-state index is 13.0. The Labute approximate surface area is 306 Å². The van der Waals surface area contributed by atoms with E-state index in [1.807, 2.05) is 20.8 Å². The minimum atomic E-state index is -1.15. The van der Waals surface area contributed by atoms with Crippen LogP contribution in [0.1, 0.15) is 142 Å². The van der Waals surface area contributed by atoms with Gasteiger partial charge in [0.1, 0.15) is 17.1 Å². The van der Waals surface area contributed by atoms with Gasteiger partial charge in [-0.2, -0.15) is 4.99 Å². The Hall–Kier alpha value is -4.08. The zero-order valence-electron chi connectivity index (χ0n) is 32.9. The van der Waals surface area contributed by atoms with Gasteiger partial charge in [0.15, 0.2) is 5.96 Å². The molecule has 0 bridgehead atoms. The highest BCUT2D eigenvalue weighted by Gasteiger charge is 2.35. The van der Waals surface area contributed by atoms with Crippen molar-refractivity contribution in [3.63, 3.8) is 0 Å². The third-order valence-electron chi connectivity index (χ3n) is 10.1. The number of ether oxygens (including phenoxy) is 2. The third kappa shape index (κ3) is 13.5. The number of benzene rings is 2. The van der Waals surface area contributed by atoms with Crippen molar-refractivity contribution in [3.05, 3.63) is 57.6 Å². The summed E-state index contributed by atoms with van der Waals surface area (Å²) < 4.78 is 12.6. The van der Waals surface area contributed by atoms with Crippen molar-refractivity contribution in [1.29, 1.82) is 5.41 Å². The maximum atomic E-state index is 13.0. The number of carbonyl (C=O) groups is 2. The molecule has 3 atom stereocenters. The zero-order valence-corrected chi connectivity index (χ0v) is 32.9. The zero-order chi connectivity index (χ0) is 38.5. The van der Waals surface area contributed by atoms with E-state index in [0.29, 0.717) is 5.75 Å². The second kappa shape index (κ2) is 20.1. The van der Waals surface area contributed by atoms with Crippen molar-refractivity contribution in [2.24, 2.45) is 34.2 Å². The van der Waals surface area contributed by atoms with Crippen LogP contribution in [-0.4, -0.2) is 53.6 Å². The van der Waals surface area contributed by atoms with Crippen LogP contribution in [0.2, 0.25) is 0 Å². The van der Waals surface area contributed by atoms with Gasteiger partial charge >= 0.3 is 11.9 Å². The Bertz CT molecular complexity index is 1510. The molecule has 1 heterocycles. The largest absolute Gasteiger partial charge is 0.487 e. The molecule has 3 rings (SSSR count). The molecule has 0 radical (unpaired) electrons. The number of carboxylic acids is 1. The number of carboxylic acid groups (broad SMARTS) is 1. The number of hydrogen-bond donors (Lipinski definition) is 4. The van der Waals surface area contributed by atoms with Gasteiger partial charge in [0.25, 0.3) is 0 Å². The van der Waals surface area contributed by atoms with E-state index in [1.54, 1.807) is 26.2 Å². The maximum Gasteiger partial charge on any atom is 0.344 e. The molecule has 0 aromatic heterocycles. The third-order valence-corrected chi connectivity index (χ3v) is 10.1. The molecule has 0 fully saturated rings. The van der Waals surface area contributed by atoms with Crippen LogP contribution in [0.15, 0.2) is 29.3 Å². The minimum Gasteiger partial charge on any atom is -0.487 e. The van der Waals surface area contributed by atoms with E-state index in [1.165, 1.54) is 62.0 Å². The number of fused-ring (bicyclic) bond motifs is 1. The van der Waals surface area contributed by atoms with Gasteiger partial charge < -0.3 is 30.9 Å². The fourth-order valence-corrected chi connectivity index (χ4v) is 6.63. The smallest absolute Gasteiger partial charge is 0.344 e. The fraction of sp³-hybridized carbons (Fsp3) is 0.610. The van der Waals surface area contributed by atoms with Gasteiger partial charge in [-0.05, 0) is 100.0 Å². The van der Waals surface area contributed by atoms with Gasteiger partial charge in [-0.1, -0.05) is 84.8 Å². The van der Waals surface area contributed by atoms with Crippen molar-refractivity contribution >= 4 is 23.9 Å². The molecule has 284 valence electrons.